The van der Waals surface area contributed by atoms with Crippen LogP contribution in [0.5, 0.6) is 5.75 Å². The predicted molar refractivity (Wildman–Crippen MR) is 111 cm³/mol. The van der Waals surface area contributed by atoms with E-state index in [9.17, 15) is 13.9 Å². The topological polar surface area (TPSA) is 29.5 Å². The number of halogens is 2. The van der Waals surface area contributed by atoms with Gasteiger partial charge in [0, 0.05) is 5.56 Å². The minimum atomic E-state index is -1.02. The van der Waals surface area contributed by atoms with Crippen molar-refractivity contribution in [2.75, 3.05) is 0 Å². The van der Waals surface area contributed by atoms with Crippen molar-refractivity contribution in [1.82, 2.24) is 0 Å². The van der Waals surface area contributed by atoms with Crippen molar-refractivity contribution in [3.63, 3.8) is 0 Å². The van der Waals surface area contributed by atoms with Crippen molar-refractivity contribution in [3.05, 3.63) is 28.8 Å². The molecule has 0 bridgehead atoms. The van der Waals surface area contributed by atoms with Gasteiger partial charge >= 0.3 is 0 Å². The number of rotatable bonds is 4. The van der Waals surface area contributed by atoms with Crippen molar-refractivity contribution in [2.45, 2.75) is 96.7 Å². The summed E-state index contributed by atoms with van der Waals surface area (Å²) < 4.78 is 34.9. The average molecular weight is 407 g/mol. The molecular weight excluding hydrogens is 370 g/mol. The van der Waals surface area contributed by atoms with Crippen LogP contribution in [0.4, 0.5) is 8.78 Å². The molecule has 0 radical (unpaired) electrons. The minimum Gasteiger partial charge on any atom is -0.487 e. The Bertz CT molecular complexity index is 701. The normalized spacial score (nSPS) is 33.6. The molecule has 2 atom stereocenters. The number of aliphatic hydroxyl groups excluding tert-OH is 1. The maximum atomic E-state index is 14.6. The zero-order chi connectivity index (χ0) is 20.5. The monoisotopic (exact) mass is 406 g/mol. The predicted octanol–water partition coefficient (Wildman–Crippen LogP) is 6.73. The highest BCUT2D eigenvalue weighted by atomic mass is 19.2. The van der Waals surface area contributed by atoms with Crippen LogP contribution in [0.1, 0.15) is 95.3 Å². The van der Waals surface area contributed by atoms with E-state index in [-0.39, 0.29) is 17.4 Å². The number of fused-ring (bicyclic) bond motifs is 1. The second-order valence-corrected chi connectivity index (χ2v) is 9.82. The van der Waals surface area contributed by atoms with Crippen LogP contribution >= 0.6 is 0 Å². The number of ether oxygens (including phenoxy) is 1. The Morgan fingerprint density at radius 2 is 1.52 bits per heavy atom. The molecule has 2 unspecified atom stereocenters. The molecule has 1 aromatic carbocycles. The van der Waals surface area contributed by atoms with E-state index in [2.05, 4.69) is 6.92 Å². The molecule has 2 aliphatic carbocycles. The molecule has 1 aliphatic heterocycles. The molecule has 0 spiro atoms. The molecule has 1 heterocycles. The van der Waals surface area contributed by atoms with Gasteiger partial charge in [0.2, 0.25) is 5.82 Å². The number of aryl methyl sites for hydroxylation is 1. The Hall–Kier alpha value is -1.16. The molecule has 0 aromatic heterocycles. The fourth-order valence-corrected chi connectivity index (χ4v) is 6.20. The number of aliphatic hydroxyl groups is 1. The molecule has 0 amide bonds. The van der Waals surface area contributed by atoms with Crippen LogP contribution in [0, 0.1) is 35.3 Å². The first kappa shape index (κ1) is 21.1. The molecular formula is C25H36F2O2. The van der Waals surface area contributed by atoms with Gasteiger partial charge in [-0.3, -0.25) is 0 Å². The molecule has 4 rings (SSSR count). The van der Waals surface area contributed by atoms with Crippen molar-refractivity contribution in [1.29, 1.82) is 0 Å². The number of benzene rings is 1. The summed E-state index contributed by atoms with van der Waals surface area (Å²) in [6, 6.07) is 1.58. The smallest absolute Gasteiger partial charge is 0.201 e. The van der Waals surface area contributed by atoms with E-state index in [1.165, 1.54) is 51.9 Å². The highest BCUT2D eigenvalue weighted by Gasteiger charge is 2.36. The van der Waals surface area contributed by atoms with Gasteiger partial charge < -0.3 is 9.84 Å². The van der Waals surface area contributed by atoms with E-state index in [4.69, 9.17) is 4.74 Å². The summed E-state index contributed by atoms with van der Waals surface area (Å²) in [6.45, 7) is 3.78. The van der Waals surface area contributed by atoms with Crippen LogP contribution in [0.15, 0.2) is 6.07 Å². The number of hydrogen-bond donors (Lipinski definition) is 1. The zero-order valence-electron chi connectivity index (χ0n) is 17.9. The summed E-state index contributed by atoms with van der Waals surface area (Å²) in [5.74, 6) is 1.34. The molecule has 3 aliphatic rings. The van der Waals surface area contributed by atoms with Gasteiger partial charge in [-0.2, -0.15) is 4.39 Å². The molecule has 29 heavy (non-hydrogen) atoms. The first-order chi connectivity index (χ1) is 14.0. The third kappa shape index (κ3) is 4.33. The fourth-order valence-electron chi connectivity index (χ4n) is 6.20. The molecule has 2 nitrogen and oxygen atoms in total. The summed E-state index contributed by atoms with van der Waals surface area (Å²) in [6.07, 6.45) is 12.3. The van der Waals surface area contributed by atoms with Gasteiger partial charge in [0.25, 0.3) is 0 Å². The summed E-state index contributed by atoms with van der Waals surface area (Å²) in [5.41, 5.74) is 0.721. The van der Waals surface area contributed by atoms with E-state index >= 15 is 0 Å². The molecule has 1 aromatic rings. The van der Waals surface area contributed by atoms with Gasteiger partial charge in [0.05, 0.1) is 6.10 Å². The van der Waals surface area contributed by atoms with Crippen LogP contribution in [-0.4, -0.2) is 11.2 Å². The first-order valence-electron chi connectivity index (χ1n) is 11.8. The van der Waals surface area contributed by atoms with E-state index < -0.39 is 17.7 Å². The van der Waals surface area contributed by atoms with E-state index in [0.29, 0.717) is 17.9 Å². The molecule has 4 heteroatoms. The Morgan fingerprint density at radius 1 is 0.931 bits per heavy atom. The highest BCUT2D eigenvalue weighted by Crippen LogP contribution is 2.45. The Labute approximate surface area is 174 Å². The Balaban J connectivity index is 1.36. The van der Waals surface area contributed by atoms with Gasteiger partial charge in [0.15, 0.2) is 11.6 Å². The third-order valence-corrected chi connectivity index (χ3v) is 8.16. The SMILES string of the molecule is CCC1CCC(C2CCC(C3CCc4cc(C(C)O)c(F)c(F)c4O3)CC2)CC1. The van der Waals surface area contributed by atoms with E-state index in [1.54, 1.807) is 6.07 Å². The molecule has 2 saturated carbocycles. The van der Waals surface area contributed by atoms with Crippen LogP contribution in [0.3, 0.4) is 0 Å². The number of hydrogen-bond acceptors (Lipinski definition) is 2. The molecule has 0 saturated heterocycles. The summed E-state index contributed by atoms with van der Waals surface area (Å²) in [4.78, 5) is 0. The molecule has 162 valence electrons. The molecule has 1 N–H and O–H groups in total. The second-order valence-electron chi connectivity index (χ2n) is 9.82. The van der Waals surface area contributed by atoms with Crippen molar-refractivity contribution < 1.29 is 18.6 Å². The lowest BCUT2D eigenvalue weighted by Crippen LogP contribution is -2.35. The van der Waals surface area contributed by atoms with E-state index in [1.807, 2.05) is 0 Å². The van der Waals surface area contributed by atoms with Crippen LogP contribution in [0.2, 0.25) is 0 Å². The van der Waals surface area contributed by atoms with E-state index in [0.717, 1.165) is 37.0 Å². The largest absolute Gasteiger partial charge is 0.487 e. The fraction of sp³-hybridized carbons (Fsp3) is 0.760. The first-order valence-corrected chi connectivity index (χ1v) is 11.8. The maximum absolute atomic E-state index is 14.6. The van der Waals surface area contributed by atoms with Crippen molar-refractivity contribution in [3.8, 4) is 5.75 Å². The summed E-state index contributed by atoms with van der Waals surface area (Å²) in [5, 5.41) is 9.70. The van der Waals surface area contributed by atoms with Gasteiger partial charge in [-0.15, -0.1) is 0 Å². The second kappa shape index (κ2) is 8.91. The quantitative estimate of drug-likeness (QED) is 0.600. The molecule has 2 fully saturated rings. The van der Waals surface area contributed by atoms with Gasteiger partial charge in [0.1, 0.15) is 6.10 Å². The standard InChI is InChI=1S/C25H36F2O2/c1-3-16-4-6-17(7-5-16)18-8-10-19(11-9-18)22-13-12-20-14-21(15(2)28)23(26)24(27)25(20)29-22/h14-19,22,28H,3-13H2,1-2H3. The van der Waals surface area contributed by atoms with Crippen molar-refractivity contribution in [2.24, 2.45) is 23.7 Å². The zero-order valence-corrected chi connectivity index (χ0v) is 17.9. The minimum absolute atomic E-state index is 0.00872. The van der Waals surface area contributed by atoms with Crippen LogP contribution in [-0.2, 0) is 6.42 Å². The Kier molecular flexibility index (Phi) is 6.48. The van der Waals surface area contributed by atoms with Crippen molar-refractivity contribution >= 4 is 0 Å². The maximum Gasteiger partial charge on any atom is 0.201 e. The summed E-state index contributed by atoms with van der Waals surface area (Å²) >= 11 is 0. The van der Waals surface area contributed by atoms with Gasteiger partial charge in [-0.05, 0) is 93.6 Å². The van der Waals surface area contributed by atoms with Gasteiger partial charge in [-0.1, -0.05) is 26.2 Å². The van der Waals surface area contributed by atoms with Crippen LogP contribution in [0.25, 0.3) is 0 Å². The lowest BCUT2D eigenvalue weighted by Gasteiger charge is -2.40. The third-order valence-electron chi connectivity index (χ3n) is 8.16. The van der Waals surface area contributed by atoms with Gasteiger partial charge in [-0.25, -0.2) is 4.39 Å². The summed E-state index contributed by atoms with van der Waals surface area (Å²) in [7, 11) is 0. The Morgan fingerprint density at radius 3 is 2.10 bits per heavy atom. The lowest BCUT2D eigenvalue weighted by molar-refractivity contribution is 0.0562. The lowest BCUT2D eigenvalue weighted by atomic mass is 9.68. The average Bonchev–Trinajstić information content (AvgIpc) is 2.76. The van der Waals surface area contributed by atoms with Crippen LogP contribution < -0.4 is 4.74 Å². The highest BCUT2D eigenvalue weighted by molar-refractivity contribution is 5.42.